The van der Waals surface area contributed by atoms with Crippen LogP contribution in [-0.4, -0.2) is 10.9 Å². The van der Waals surface area contributed by atoms with E-state index in [2.05, 4.69) is 0 Å². The fourth-order valence-corrected chi connectivity index (χ4v) is 1.18. The van der Waals surface area contributed by atoms with E-state index in [-0.39, 0.29) is 5.12 Å². The van der Waals surface area contributed by atoms with E-state index in [1.807, 2.05) is 24.3 Å². The highest BCUT2D eigenvalue weighted by atomic mass is 32.2. The van der Waals surface area contributed by atoms with Gasteiger partial charge in [0, 0.05) is 12.2 Å². The van der Waals surface area contributed by atoms with Crippen molar-refractivity contribution in [2.45, 2.75) is 6.42 Å². The third-order valence-electron chi connectivity index (χ3n) is 1.01. The number of thioether (sulfide) groups is 1. The van der Waals surface area contributed by atoms with Crippen molar-refractivity contribution in [1.82, 2.24) is 0 Å². The van der Waals surface area contributed by atoms with Gasteiger partial charge in [-0.1, -0.05) is 36.1 Å². The van der Waals surface area contributed by atoms with Crippen LogP contribution in [0.3, 0.4) is 0 Å². The van der Waals surface area contributed by atoms with Gasteiger partial charge in [-0.15, -0.1) is 0 Å². The lowest BCUT2D eigenvalue weighted by atomic mass is 10.4. The Morgan fingerprint density at radius 1 is 1.33 bits per heavy atom. The molecule has 1 aliphatic heterocycles. The van der Waals surface area contributed by atoms with Crippen molar-refractivity contribution < 1.29 is 4.79 Å². The molecule has 0 fully saturated rings. The van der Waals surface area contributed by atoms with Crippen LogP contribution in [0.25, 0.3) is 0 Å². The Morgan fingerprint density at radius 3 is 3.00 bits per heavy atom. The number of allylic oxidation sites excluding steroid dienone is 3. The Kier molecular flexibility index (Phi) is 2.58. The Hall–Kier alpha value is -0.500. The molecule has 0 radical (unpaired) electrons. The predicted molar refractivity (Wildman–Crippen MR) is 40.4 cm³/mol. The number of hydrogen-bond acceptors (Lipinski definition) is 2. The van der Waals surface area contributed by atoms with Crippen LogP contribution >= 0.6 is 11.8 Å². The molecule has 0 spiro atoms. The smallest absolute Gasteiger partial charge is 0.193 e. The first kappa shape index (κ1) is 6.62. The third-order valence-corrected chi connectivity index (χ3v) is 1.86. The van der Waals surface area contributed by atoms with E-state index in [4.69, 9.17) is 0 Å². The van der Waals surface area contributed by atoms with E-state index in [9.17, 15) is 4.79 Å². The fraction of sp³-hybridized carbons (Fsp3) is 0.286. The molecule has 0 saturated heterocycles. The van der Waals surface area contributed by atoms with Gasteiger partial charge in [0.2, 0.25) is 0 Å². The SMILES string of the molecule is O=C1C/C=C\C=C/CS1. The Morgan fingerprint density at radius 2 is 2.11 bits per heavy atom. The van der Waals surface area contributed by atoms with Crippen LogP contribution in [0.15, 0.2) is 24.3 Å². The Bertz CT molecular complexity index is 158. The van der Waals surface area contributed by atoms with Gasteiger partial charge < -0.3 is 0 Å². The summed E-state index contributed by atoms with van der Waals surface area (Å²) in [5, 5.41) is 0.260. The largest absolute Gasteiger partial charge is 0.287 e. The molecule has 0 aromatic carbocycles. The minimum absolute atomic E-state index is 0.260. The highest BCUT2D eigenvalue weighted by Crippen LogP contribution is 2.08. The van der Waals surface area contributed by atoms with Crippen molar-refractivity contribution in [3.63, 3.8) is 0 Å². The summed E-state index contributed by atoms with van der Waals surface area (Å²) < 4.78 is 0. The molecule has 1 nitrogen and oxygen atoms in total. The molecule has 0 aromatic rings. The minimum atomic E-state index is 0.260. The summed E-state index contributed by atoms with van der Waals surface area (Å²) in [5.41, 5.74) is 0. The van der Waals surface area contributed by atoms with Crippen LogP contribution in [0.2, 0.25) is 0 Å². The molecule has 1 heterocycles. The monoisotopic (exact) mass is 140 g/mol. The number of hydrogen-bond donors (Lipinski definition) is 0. The Labute approximate surface area is 58.8 Å². The number of rotatable bonds is 0. The van der Waals surface area contributed by atoms with Crippen LogP contribution in [0, 0.1) is 0 Å². The summed E-state index contributed by atoms with van der Waals surface area (Å²) in [4.78, 5) is 10.7. The maximum Gasteiger partial charge on any atom is 0.193 e. The van der Waals surface area contributed by atoms with Gasteiger partial charge in [-0.3, -0.25) is 4.79 Å². The minimum Gasteiger partial charge on any atom is -0.287 e. The van der Waals surface area contributed by atoms with Crippen molar-refractivity contribution in [3.8, 4) is 0 Å². The predicted octanol–water partition coefficient (Wildman–Crippen LogP) is 1.76. The number of carbonyl (C=O) groups excluding carboxylic acids is 1. The molecule has 1 rings (SSSR count). The lowest BCUT2D eigenvalue weighted by Crippen LogP contribution is -1.90. The summed E-state index contributed by atoms with van der Waals surface area (Å²) in [6, 6.07) is 0. The average Bonchev–Trinajstić information content (AvgIpc) is 1.79. The van der Waals surface area contributed by atoms with Gasteiger partial charge in [0.15, 0.2) is 5.12 Å². The van der Waals surface area contributed by atoms with Crippen LogP contribution in [0.4, 0.5) is 0 Å². The second-order valence-corrected chi connectivity index (χ2v) is 2.82. The van der Waals surface area contributed by atoms with Gasteiger partial charge in [-0.2, -0.15) is 0 Å². The molecule has 1 aliphatic rings. The molecule has 0 unspecified atom stereocenters. The topological polar surface area (TPSA) is 17.1 Å². The summed E-state index contributed by atoms with van der Waals surface area (Å²) in [6.07, 6.45) is 8.33. The quantitative estimate of drug-likeness (QED) is 0.510. The van der Waals surface area contributed by atoms with Crippen LogP contribution in [0.1, 0.15) is 6.42 Å². The standard InChI is InChI=1S/C7H8OS/c8-7-5-3-1-2-4-6-9-7/h1-4H,5-6H2/b3-1-,4-2-. The molecule has 0 saturated carbocycles. The molecule has 2 heteroatoms. The molecule has 9 heavy (non-hydrogen) atoms. The summed E-state index contributed by atoms with van der Waals surface area (Å²) in [7, 11) is 0. The lowest BCUT2D eigenvalue weighted by molar-refractivity contribution is -0.110. The van der Waals surface area contributed by atoms with Crippen molar-refractivity contribution in [2.24, 2.45) is 0 Å². The maximum absolute atomic E-state index is 10.7. The molecule has 0 aliphatic carbocycles. The van der Waals surface area contributed by atoms with Crippen LogP contribution < -0.4 is 0 Å². The van der Waals surface area contributed by atoms with Crippen molar-refractivity contribution in [3.05, 3.63) is 24.3 Å². The molecule has 0 atom stereocenters. The van der Waals surface area contributed by atoms with Crippen molar-refractivity contribution in [2.75, 3.05) is 5.75 Å². The van der Waals surface area contributed by atoms with Gasteiger partial charge >= 0.3 is 0 Å². The van der Waals surface area contributed by atoms with E-state index in [1.54, 1.807) is 0 Å². The fourth-order valence-electron chi connectivity index (χ4n) is 0.577. The van der Waals surface area contributed by atoms with Gasteiger partial charge in [0.1, 0.15) is 0 Å². The zero-order valence-corrected chi connectivity index (χ0v) is 5.86. The number of carbonyl (C=O) groups is 1. The molecule has 0 aromatic heterocycles. The molecular weight excluding hydrogens is 132 g/mol. The highest BCUT2D eigenvalue weighted by Gasteiger charge is 1.97. The lowest BCUT2D eigenvalue weighted by Gasteiger charge is -1.94. The van der Waals surface area contributed by atoms with Crippen molar-refractivity contribution >= 4 is 16.9 Å². The normalized spacial score (nSPS) is 26.4. The Balaban J connectivity index is 2.50. The van der Waals surface area contributed by atoms with Gasteiger partial charge in [-0.05, 0) is 0 Å². The van der Waals surface area contributed by atoms with Gasteiger partial charge in [0.05, 0.1) is 0 Å². The van der Waals surface area contributed by atoms with E-state index in [0.717, 1.165) is 5.75 Å². The zero-order valence-electron chi connectivity index (χ0n) is 5.04. The highest BCUT2D eigenvalue weighted by molar-refractivity contribution is 8.13. The van der Waals surface area contributed by atoms with Gasteiger partial charge in [0.25, 0.3) is 0 Å². The second-order valence-electron chi connectivity index (χ2n) is 1.74. The summed E-state index contributed by atoms with van der Waals surface area (Å²) in [5.74, 6) is 0.823. The van der Waals surface area contributed by atoms with Crippen molar-refractivity contribution in [1.29, 1.82) is 0 Å². The second kappa shape index (κ2) is 3.51. The van der Waals surface area contributed by atoms with E-state index < -0.39 is 0 Å². The van der Waals surface area contributed by atoms with E-state index >= 15 is 0 Å². The molecular formula is C7H8OS. The molecule has 0 bridgehead atoms. The van der Waals surface area contributed by atoms with Crippen LogP contribution in [-0.2, 0) is 4.79 Å². The zero-order chi connectivity index (χ0) is 6.53. The average molecular weight is 140 g/mol. The maximum atomic E-state index is 10.7. The molecule has 48 valence electrons. The van der Waals surface area contributed by atoms with E-state index in [1.165, 1.54) is 11.8 Å². The molecule has 0 N–H and O–H groups in total. The van der Waals surface area contributed by atoms with E-state index in [0.29, 0.717) is 6.42 Å². The summed E-state index contributed by atoms with van der Waals surface area (Å²) >= 11 is 1.38. The first-order valence-electron chi connectivity index (χ1n) is 2.87. The van der Waals surface area contributed by atoms with Crippen LogP contribution in [0.5, 0.6) is 0 Å². The third kappa shape index (κ3) is 2.51. The van der Waals surface area contributed by atoms with Gasteiger partial charge in [-0.25, -0.2) is 0 Å². The first-order chi connectivity index (χ1) is 4.39. The summed E-state index contributed by atoms with van der Waals surface area (Å²) in [6.45, 7) is 0. The molecule has 0 amide bonds. The first-order valence-corrected chi connectivity index (χ1v) is 3.85.